The molecule has 34 heavy (non-hydrogen) atoms. The summed E-state index contributed by atoms with van der Waals surface area (Å²) in [5.74, 6) is 0.395. The maximum absolute atomic E-state index is 8.89. The van der Waals surface area contributed by atoms with E-state index in [-0.39, 0.29) is 44.1 Å². The molecule has 0 saturated heterocycles. The normalized spacial score (nSPS) is 9.50. The van der Waals surface area contributed by atoms with E-state index in [1.807, 2.05) is 6.07 Å². The third-order valence-corrected chi connectivity index (χ3v) is 4.32. The van der Waals surface area contributed by atoms with E-state index in [2.05, 4.69) is 24.4 Å². The van der Waals surface area contributed by atoms with Gasteiger partial charge in [-0.2, -0.15) is 25.5 Å². The Balaban J connectivity index is 0.000000190. The molecular formula is C18H12BCl3N8O4. The van der Waals surface area contributed by atoms with Crippen molar-refractivity contribution in [2.24, 2.45) is 0 Å². The lowest BCUT2D eigenvalue weighted by Gasteiger charge is -2.01. The molecule has 0 saturated carbocycles. The average Bonchev–Trinajstić information content (AvgIpc) is 3.48. The fraction of sp³-hybridized carbons (Fsp3) is 0. The molecule has 0 aromatic carbocycles. The molecule has 0 spiro atoms. The fourth-order valence-electron chi connectivity index (χ4n) is 2.09. The first-order valence-electron chi connectivity index (χ1n) is 8.73. The number of nitriles is 2. The number of halogens is 3. The number of aromatic nitrogens is 4. The number of furan rings is 2. The molecule has 12 nitrogen and oxygen atoms in total. The van der Waals surface area contributed by atoms with Crippen molar-refractivity contribution in [1.29, 1.82) is 10.5 Å². The van der Waals surface area contributed by atoms with Gasteiger partial charge in [0.05, 0.1) is 12.5 Å². The van der Waals surface area contributed by atoms with Crippen LogP contribution < -0.4 is 17.1 Å². The smallest absolute Gasteiger partial charge is 0.473 e. The van der Waals surface area contributed by atoms with Crippen molar-refractivity contribution < 1.29 is 18.9 Å². The van der Waals surface area contributed by atoms with Crippen LogP contribution in [-0.4, -0.2) is 37.1 Å². The zero-order valence-electron chi connectivity index (χ0n) is 16.7. The Hall–Kier alpha value is -3.85. The van der Waals surface area contributed by atoms with E-state index >= 15 is 0 Å². The lowest BCUT2D eigenvalue weighted by molar-refractivity contribution is 0.409. The minimum absolute atomic E-state index is 0.00500. The van der Waals surface area contributed by atoms with Gasteiger partial charge in [-0.15, -0.1) is 0 Å². The molecule has 4 rings (SSSR count). The maximum atomic E-state index is 8.89. The van der Waals surface area contributed by atoms with E-state index in [1.54, 1.807) is 24.3 Å². The van der Waals surface area contributed by atoms with Crippen molar-refractivity contribution in [1.82, 2.24) is 19.9 Å². The van der Waals surface area contributed by atoms with Crippen molar-refractivity contribution in [3.63, 3.8) is 0 Å². The molecule has 0 fully saturated rings. The van der Waals surface area contributed by atoms with Gasteiger partial charge in [-0.25, -0.2) is 4.98 Å². The van der Waals surface area contributed by atoms with Gasteiger partial charge in [0.25, 0.3) is 0 Å². The van der Waals surface area contributed by atoms with Crippen molar-refractivity contribution in [2.75, 3.05) is 11.5 Å². The molecule has 0 radical (unpaired) electrons. The summed E-state index contributed by atoms with van der Waals surface area (Å²) in [6, 6.07) is 10.1. The minimum Gasteiger partial charge on any atom is -0.473 e. The van der Waals surface area contributed by atoms with Gasteiger partial charge >= 0.3 is 7.12 Å². The number of hydrogen-bond donors (Lipinski definition) is 4. The number of anilines is 2. The molecule has 172 valence electrons. The summed E-state index contributed by atoms with van der Waals surface area (Å²) in [4.78, 5) is 14.7. The molecule has 4 aromatic heterocycles. The van der Waals surface area contributed by atoms with Gasteiger partial charge in [0.1, 0.15) is 34.6 Å². The largest absolute Gasteiger partial charge is 0.526 e. The molecular weight excluding hydrogens is 509 g/mol. The van der Waals surface area contributed by atoms with E-state index in [1.165, 1.54) is 18.6 Å². The summed E-state index contributed by atoms with van der Waals surface area (Å²) < 4.78 is 9.71. The lowest BCUT2D eigenvalue weighted by atomic mass is 9.88. The number of nitrogens with zero attached hydrogens (tertiary/aromatic N) is 6. The van der Waals surface area contributed by atoms with Crippen LogP contribution in [0, 0.1) is 22.7 Å². The van der Waals surface area contributed by atoms with Crippen molar-refractivity contribution in [2.45, 2.75) is 0 Å². The van der Waals surface area contributed by atoms with Gasteiger partial charge in [-0.1, -0.05) is 34.8 Å². The molecule has 0 atom stereocenters. The van der Waals surface area contributed by atoms with Gasteiger partial charge in [0.15, 0.2) is 21.2 Å². The summed E-state index contributed by atoms with van der Waals surface area (Å²) in [6.45, 7) is 0. The van der Waals surface area contributed by atoms with Crippen LogP contribution in [0.25, 0.3) is 11.5 Å². The second-order valence-corrected chi connectivity index (χ2v) is 6.80. The summed E-state index contributed by atoms with van der Waals surface area (Å²) in [7, 11) is -1.48. The topological polar surface area (TPSA) is 218 Å². The van der Waals surface area contributed by atoms with Crippen LogP contribution in [0.4, 0.5) is 11.9 Å². The van der Waals surface area contributed by atoms with E-state index < -0.39 is 7.12 Å². The van der Waals surface area contributed by atoms with Gasteiger partial charge in [0, 0.05) is 0 Å². The molecule has 4 aromatic rings. The Labute approximate surface area is 207 Å². The monoisotopic (exact) mass is 520 g/mol. The van der Waals surface area contributed by atoms with Crippen LogP contribution in [-0.2, 0) is 0 Å². The summed E-state index contributed by atoms with van der Waals surface area (Å²) in [5, 5.41) is 34.1. The Kier molecular flexibility index (Phi) is 9.64. The number of nitrogens with two attached hydrogens (primary N) is 2. The first kappa shape index (κ1) is 26.4. The Morgan fingerprint density at radius 1 is 0.794 bits per heavy atom. The Bertz CT molecular complexity index is 1300. The van der Waals surface area contributed by atoms with Crippen LogP contribution in [0.15, 0.2) is 45.6 Å². The third kappa shape index (κ3) is 7.08. The van der Waals surface area contributed by atoms with Gasteiger partial charge in [0.2, 0.25) is 11.9 Å². The highest BCUT2D eigenvalue weighted by Gasteiger charge is 2.15. The predicted molar refractivity (Wildman–Crippen MR) is 124 cm³/mol. The molecule has 0 unspecified atom stereocenters. The average molecular weight is 522 g/mol. The van der Waals surface area contributed by atoms with E-state index in [9.17, 15) is 0 Å². The number of nitrogen functional groups attached to an aromatic ring is 2. The maximum Gasteiger partial charge on any atom is 0.526 e. The number of hydrogen-bond acceptors (Lipinski definition) is 12. The second kappa shape index (κ2) is 12.4. The van der Waals surface area contributed by atoms with Gasteiger partial charge < -0.3 is 30.3 Å². The Morgan fingerprint density at radius 3 is 1.71 bits per heavy atom. The van der Waals surface area contributed by atoms with E-state index in [4.69, 9.17) is 71.3 Å². The summed E-state index contributed by atoms with van der Waals surface area (Å²) in [5.41, 5.74) is 11.3. The van der Waals surface area contributed by atoms with Crippen LogP contribution in [0.5, 0.6) is 0 Å². The first-order valence-corrected chi connectivity index (χ1v) is 9.86. The van der Waals surface area contributed by atoms with E-state index in [0.717, 1.165) is 0 Å². The van der Waals surface area contributed by atoms with Crippen LogP contribution in [0.3, 0.4) is 0 Å². The first-order chi connectivity index (χ1) is 16.2. The quantitative estimate of drug-likeness (QED) is 0.220. The molecule has 6 N–H and O–H groups in total. The van der Waals surface area contributed by atoms with Crippen molar-refractivity contribution in [3.05, 3.63) is 63.4 Å². The fourth-order valence-corrected chi connectivity index (χ4v) is 2.80. The molecule has 0 aliphatic heterocycles. The molecule has 0 aliphatic rings. The predicted octanol–water partition coefficient (Wildman–Crippen LogP) is 2.04. The van der Waals surface area contributed by atoms with Crippen molar-refractivity contribution >= 4 is 59.5 Å². The number of rotatable bonds is 2. The zero-order valence-corrected chi connectivity index (χ0v) is 19.0. The zero-order chi connectivity index (χ0) is 25.3. The molecule has 4 heterocycles. The van der Waals surface area contributed by atoms with Crippen LogP contribution in [0.1, 0.15) is 11.1 Å². The van der Waals surface area contributed by atoms with E-state index in [0.29, 0.717) is 11.5 Å². The SMILES string of the molecule is N#Cc1c(Cl)nc(N)nc1-c1ccco1.N#Cc1c(Cl)nc(N)nc1Cl.OB(O)c1ccco1. The van der Waals surface area contributed by atoms with Crippen LogP contribution in [0.2, 0.25) is 15.5 Å². The molecule has 0 bridgehead atoms. The minimum atomic E-state index is -1.48. The second-order valence-electron chi connectivity index (χ2n) is 5.72. The van der Waals surface area contributed by atoms with Gasteiger partial charge in [-0.05, 0) is 24.3 Å². The highest BCUT2D eigenvalue weighted by atomic mass is 35.5. The van der Waals surface area contributed by atoms with Gasteiger partial charge in [-0.3, -0.25) is 0 Å². The molecule has 0 aliphatic carbocycles. The molecule has 0 amide bonds. The lowest BCUT2D eigenvalue weighted by Crippen LogP contribution is -2.27. The third-order valence-electron chi connectivity index (χ3n) is 3.50. The standard InChI is InChI=1S/C9H5ClN4O.C5H2Cl2N4.C4H5BO3/c10-8-5(4-11)7(13-9(12)14-8)6-2-1-3-15-6;6-3-2(1-8)4(7)11-5(9)10-3;6-5(7)4-2-1-3-8-4/h1-3H,(H2,12,13,14);(H2,9,10,11);1-3,6-7H. The highest BCUT2D eigenvalue weighted by molar-refractivity contribution is 6.56. The van der Waals surface area contributed by atoms with Crippen LogP contribution >= 0.6 is 34.8 Å². The summed E-state index contributed by atoms with van der Waals surface area (Å²) in [6.07, 6.45) is 2.86. The Morgan fingerprint density at radius 2 is 1.29 bits per heavy atom. The molecule has 16 heteroatoms. The highest BCUT2D eigenvalue weighted by Crippen LogP contribution is 2.26. The summed E-state index contributed by atoms with van der Waals surface area (Å²) >= 11 is 16.8. The van der Waals surface area contributed by atoms with Crippen molar-refractivity contribution in [3.8, 4) is 23.6 Å².